The molecule has 3 atom stereocenters. The van der Waals surface area contributed by atoms with Gasteiger partial charge in [-0.05, 0) is 60.5 Å². The fourth-order valence-electron chi connectivity index (χ4n) is 3.81. The number of piperidine rings is 1. The van der Waals surface area contributed by atoms with Gasteiger partial charge in [-0.2, -0.15) is 4.68 Å². The standard InChI is InChI=1S/C21H25FN6O/c1-14-25-26-27-28(14)16-10-11-18(22)17(13-16)21(29-2)24-19-9-6-12-23-20(19)15-7-4-3-5-8-15/h3-5,7-8,10-11,13,19-21,23-24H,6,9,12H2,1-2H3/t19-,20-,21?/m0/s1/i2D2. The maximum atomic E-state index is 14.9. The predicted molar refractivity (Wildman–Crippen MR) is 107 cm³/mol. The van der Waals surface area contributed by atoms with E-state index in [2.05, 4.69) is 26.2 Å². The largest absolute Gasteiger partial charge is 0.362 e. The molecule has 2 heterocycles. The monoisotopic (exact) mass is 398 g/mol. The molecular formula is C21H25FN6O. The lowest BCUT2D eigenvalue weighted by Crippen LogP contribution is -2.47. The van der Waals surface area contributed by atoms with Gasteiger partial charge < -0.3 is 10.1 Å². The summed E-state index contributed by atoms with van der Waals surface area (Å²) in [5, 5.41) is 18.3. The summed E-state index contributed by atoms with van der Waals surface area (Å²) in [4.78, 5) is 0. The lowest BCUT2D eigenvalue weighted by molar-refractivity contribution is 0.0495. The van der Waals surface area contributed by atoms with Gasteiger partial charge in [-0.25, -0.2) is 4.39 Å². The highest BCUT2D eigenvalue weighted by Gasteiger charge is 2.29. The number of tetrazole rings is 1. The molecule has 0 bridgehead atoms. The lowest BCUT2D eigenvalue weighted by Gasteiger charge is -2.36. The molecule has 3 aromatic rings. The Balaban J connectivity index is 1.65. The Kier molecular flexibility index (Phi) is 5.20. The lowest BCUT2D eigenvalue weighted by atomic mass is 9.92. The Morgan fingerprint density at radius 1 is 1.31 bits per heavy atom. The number of nitrogens with zero attached hydrogens (tertiary/aromatic N) is 4. The number of nitrogens with one attached hydrogen (secondary N) is 2. The van der Waals surface area contributed by atoms with Gasteiger partial charge in [0.25, 0.3) is 0 Å². The van der Waals surface area contributed by atoms with Crippen LogP contribution in [0.4, 0.5) is 4.39 Å². The van der Waals surface area contributed by atoms with Gasteiger partial charge >= 0.3 is 0 Å². The van der Waals surface area contributed by atoms with E-state index in [9.17, 15) is 4.39 Å². The van der Waals surface area contributed by atoms with Crippen molar-refractivity contribution in [3.63, 3.8) is 0 Å². The second-order valence-electron chi connectivity index (χ2n) is 7.12. The summed E-state index contributed by atoms with van der Waals surface area (Å²) < 4.78 is 37.1. The van der Waals surface area contributed by atoms with Gasteiger partial charge in [-0.1, -0.05) is 30.3 Å². The first-order valence-electron chi connectivity index (χ1n) is 10.8. The molecule has 1 saturated heterocycles. The van der Waals surface area contributed by atoms with E-state index in [1.54, 1.807) is 19.1 Å². The topological polar surface area (TPSA) is 76.9 Å². The molecule has 1 fully saturated rings. The maximum absolute atomic E-state index is 14.9. The second kappa shape index (κ2) is 8.77. The van der Waals surface area contributed by atoms with E-state index >= 15 is 0 Å². The predicted octanol–water partition coefficient (Wildman–Crippen LogP) is 2.84. The first kappa shape index (κ1) is 17.2. The van der Waals surface area contributed by atoms with Crippen molar-refractivity contribution in [3.05, 3.63) is 71.3 Å². The van der Waals surface area contributed by atoms with Gasteiger partial charge in [-0.3, -0.25) is 5.32 Å². The summed E-state index contributed by atoms with van der Waals surface area (Å²) in [6.45, 7) is 2.63. The first-order chi connectivity index (χ1) is 15.0. The van der Waals surface area contributed by atoms with E-state index in [1.807, 2.05) is 30.3 Å². The molecule has 0 radical (unpaired) electrons. The molecule has 7 nitrogen and oxygen atoms in total. The van der Waals surface area contributed by atoms with Crippen LogP contribution in [-0.4, -0.2) is 39.9 Å². The Morgan fingerprint density at radius 3 is 2.93 bits per heavy atom. The third kappa shape index (κ3) is 4.19. The third-order valence-electron chi connectivity index (χ3n) is 5.25. The van der Waals surface area contributed by atoms with E-state index in [0.29, 0.717) is 11.5 Å². The third-order valence-corrected chi connectivity index (χ3v) is 5.25. The van der Waals surface area contributed by atoms with Crippen molar-refractivity contribution >= 4 is 0 Å². The minimum absolute atomic E-state index is 0.00368. The van der Waals surface area contributed by atoms with Gasteiger partial charge in [0.15, 0.2) is 5.82 Å². The molecule has 29 heavy (non-hydrogen) atoms. The van der Waals surface area contributed by atoms with E-state index < -0.39 is 19.1 Å². The second-order valence-corrected chi connectivity index (χ2v) is 7.12. The van der Waals surface area contributed by atoms with Crippen molar-refractivity contribution in [1.82, 2.24) is 30.8 Å². The van der Waals surface area contributed by atoms with Crippen LogP contribution in [0.25, 0.3) is 5.69 Å². The van der Waals surface area contributed by atoms with Crippen molar-refractivity contribution < 1.29 is 11.9 Å². The maximum Gasteiger partial charge on any atom is 0.153 e. The van der Waals surface area contributed by atoms with E-state index in [0.717, 1.165) is 24.9 Å². The van der Waals surface area contributed by atoms with Crippen molar-refractivity contribution in [2.75, 3.05) is 13.6 Å². The summed E-state index contributed by atoms with van der Waals surface area (Å²) in [7, 11) is -1.58. The number of benzene rings is 2. The van der Waals surface area contributed by atoms with Crippen molar-refractivity contribution in [3.8, 4) is 5.69 Å². The molecule has 1 unspecified atom stereocenters. The molecule has 1 aliphatic rings. The number of halogens is 1. The van der Waals surface area contributed by atoms with Crippen LogP contribution in [0.3, 0.4) is 0 Å². The Bertz CT molecular complexity index is 1000. The molecule has 0 amide bonds. The normalized spacial score (nSPS) is 21.6. The van der Waals surface area contributed by atoms with E-state index in [-0.39, 0.29) is 17.6 Å². The average Bonchev–Trinajstić information content (AvgIpc) is 3.20. The molecule has 8 heteroatoms. The van der Waals surface area contributed by atoms with Gasteiger partial charge in [0.1, 0.15) is 12.0 Å². The molecule has 2 aromatic carbocycles. The number of aryl methyl sites for hydroxylation is 1. The number of aromatic nitrogens is 4. The minimum Gasteiger partial charge on any atom is -0.362 e. The zero-order valence-corrected chi connectivity index (χ0v) is 16.1. The highest BCUT2D eigenvalue weighted by molar-refractivity contribution is 5.37. The number of methoxy groups -OCH3 is 1. The van der Waals surface area contributed by atoms with Gasteiger partial charge in [-0.15, -0.1) is 5.10 Å². The summed E-state index contributed by atoms with van der Waals surface area (Å²) in [5.74, 6) is 0.0649. The Morgan fingerprint density at radius 2 is 2.17 bits per heavy atom. The molecular weight excluding hydrogens is 371 g/mol. The zero-order valence-electron chi connectivity index (χ0n) is 18.1. The molecule has 0 saturated carbocycles. The summed E-state index contributed by atoms with van der Waals surface area (Å²) in [5.41, 5.74) is 1.89. The van der Waals surface area contributed by atoms with Crippen LogP contribution in [0.5, 0.6) is 0 Å². The molecule has 1 aromatic heterocycles. The fourth-order valence-corrected chi connectivity index (χ4v) is 3.81. The SMILES string of the molecule is [2H]C([2H])OC(N[C@H]1CCCN[C@H]1c1ccccc1)c1cc(-n2nnnc2C)ccc1F. The van der Waals surface area contributed by atoms with Gasteiger partial charge in [0.2, 0.25) is 0 Å². The minimum atomic E-state index is -1.58. The molecule has 0 aliphatic carbocycles. The van der Waals surface area contributed by atoms with Crippen molar-refractivity contribution in [2.24, 2.45) is 0 Å². The summed E-state index contributed by atoms with van der Waals surface area (Å²) >= 11 is 0. The van der Waals surface area contributed by atoms with Crippen LogP contribution in [0.1, 0.15) is 44.8 Å². The molecule has 152 valence electrons. The smallest absolute Gasteiger partial charge is 0.153 e. The van der Waals surface area contributed by atoms with Crippen LogP contribution in [0.15, 0.2) is 48.5 Å². The number of ether oxygens (including phenoxy) is 1. The number of hydrogen-bond donors (Lipinski definition) is 2. The molecule has 4 rings (SSSR count). The van der Waals surface area contributed by atoms with Crippen molar-refractivity contribution in [1.29, 1.82) is 0 Å². The fraction of sp³-hybridized carbons (Fsp3) is 0.381. The van der Waals surface area contributed by atoms with Crippen LogP contribution < -0.4 is 10.6 Å². The van der Waals surface area contributed by atoms with Crippen LogP contribution in [0.2, 0.25) is 0 Å². The summed E-state index contributed by atoms with van der Waals surface area (Å²) in [6, 6.07) is 14.4. The quantitative estimate of drug-likeness (QED) is 0.622. The average molecular weight is 398 g/mol. The number of rotatable bonds is 6. The molecule has 2 N–H and O–H groups in total. The Hall–Kier alpha value is -2.68. The van der Waals surface area contributed by atoms with Crippen LogP contribution >= 0.6 is 0 Å². The van der Waals surface area contributed by atoms with E-state index in [4.69, 9.17) is 7.48 Å². The summed E-state index contributed by atoms with van der Waals surface area (Å²) in [6.07, 6.45) is 0.819. The molecule has 1 aliphatic heterocycles. The van der Waals surface area contributed by atoms with Gasteiger partial charge in [0, 0.05) is 24.7 Å². The van der Waals surface area contributed by atoms with E-state index in [1.165, 1.54) is 10.7 Å². The zero-order chi connectivity index (χ0) is 21.8. The first-order valence-corrected chi connectivity index (χ1v) is 9.62. The highest BCUT2D eigenvalue weighted by atomic mass is 19.1. The van der Waals surface area contributed by atoms with Crippen LogP contribution in [-0.2, 0) is 4.74 Å². The van der Waals surface area contributed by atoms with Crippen LogP contribution in [0, 0.1) is 12.7 Å². The molecule has 0 spiro atoms. The highest BCUT2D eigenvalue weighted by Crippen LogP contribution is 2.28. The number of hydrogen-bond acceptors (Lipinski definition) is 6. The van der Waals surface area contributed by atoms with Gasteiger partial charge in [0.05, 0.1) is 8.43 Å². The Labute approximate surface area is 172 Å². The van der Waals surface area contributed by atoms with Crippen molar-refractivity contribution in [2.45, 2.75) is 38.1 Å².